The zero-order valence-corrected chi connectivity index (χ0v) is 12.0. The summed E-state index contributed by atoms with van der Waals surface area (Å²) in [5, 5.41) is 3.20. The Balaban J connectivity index is 2.18. The lowest BCUT2D eigenvalue weighted by Gasteiger charge is -1.99. The molecule has 0 saturated carbocycles. The molecule has 2 rings (SSSR count). The molecule has 0 atom stereocenters. The molecule has 0 aliphatic heterocycles. The summed E-state index contributed by atoms with van der Waals surface area (Å²) in [6.45, 7) is 6.05. The van der Waals surface area contributed by atoms with E-state index in [2.05, 4.69) is 16.9 Å². The van der Waals surface area contributed by atoms with Gasteiger partial charge in [0.05, 0.1) is 5.69 Å². The minimum absolute atomic E-state index is 0.187. The lowest BCUT2D eigenvalue weighted by Crippen LogP contribution is -2.23. The van der Waals surface area contributed by atoms with Gasteiger partial charge in [-0.3, -0.25) is 4.79 Å². The number of aromatic nitrogens is 1. The van der Waals surface area contributed by atoms with Crippen LogP contribution in [0.15, 0.2) is 36.9 Å². The molecule has 0 unspecified atom stereocenters. The number of halogens is 1. The smallest absolute Gasteiger partial charge is 0.280 e. The van der Waals surface area contributed by atoms with Gasteiger partial charge in [-0.1, -0.05) is 6.08 Å². The predicted octanol–water partition coefficient (Wildman–Crippen LogP) is 3.56. The summed E-state index contributed by atoms with van der Waals surface area (Å²) >= 11 is 1.34. The van der Waals surface area contributed by atoms with E-state index in [0.717, 1.165) is 22.6 Å². The first-order chi connectivity index (χ1) is 9.61. The van der Waals surface area contributed by atoms with Crippen LogP contribution in [0.1, 0.15) is 21.1 Å². The van der Waals surface area contributed by atoms with Gasteiger partial charge < -0.3 is 5.32 Å². The second-order valence-corrected chi connectivity index (χ2v) is 5.47. The van der Waals surface area contributed by atoms with Crippen LogP contribution < -0.4 is 5.32 Å². The molecule has 3 nitrogen and oxygen atoms in total. The predicted molar refractivity (Wildman–Crippen MR) is 79.4 cm³/mol. The zero-order chi connectivity index (χ0) is 14.5. The highest BCUT2D eigenvalue weighted by Gasteiger charge is 2.15. The molecule has 0 fully saturated rings. The van der Waals surface area contributed by atoms with E-state index in [0.29, 0.717) is 11.6 Å². The minimum Gasteiger partial charge on any atom is -0.350 e. The van der Waals surface area contributed by atoms with Crippen molar-refractivity contribution >= 4 is 17.2 Å². The van der Waals surface area contributed by atoms with E-state index in [-0.39, 0.29) is 11.7 Å². The van der Waals surface area contributed by atoms with Gasteiger partial charge in [0.25, 0.3) is 5.91 Å². The van der Waals surface area contributed by atoms with Crippen molar-refractivity contribution in [3.05, 3.63) is 52.6 Å². The molecule has 0 bridgehead atoms. The van der Waals surface area contributed by atoms with E-state index in [1.165, 1.54) is 23.5 Å². The molecule has 20 heavy (non-hydrogen) atoms. The Bertz CT molecular complexity index is 619. The molecule has 1 aromatic carbocycles. The molecule has 2 aromatic rings. The summed E-state index contributed by atoms with van der Waals surface area (Å²) < 4.78 is 12.9. The summed E-state index contributed by atoms with van der Waals surface area (Å²) in [4.78, 5) is 17.2. The Hall–Kier alpha value is -2.01. The number of rotatable bonds is 5. The molecular weight excluding hydrogens is 275 g/mol. The number of carbonyl (C=O) groups excluding carboxylic acids is 1. The summed E-state index contributed by atoms with van der Waals surface area (Å²) in [6, 6.07) is 6.10. The molecule has 0 saturated heterocycles. The fourth-order valence-corrected chi connectivity index (χ4v) is 2.58. The van der Waals surface area contributed by atoms with E-state index in [1.54, 1.807) is 18.2 Å². The third-order valence-electron chi connectivity index (χ3n) is 2.74. The highest BCUT2D eigenvalue weighted by Crippen LogP contribution is 2.27. The quantitative estimate of drug-likeness (QED) is 0.675. The van der Waals surface area contributed by atoms with Crippen molar-refractivity contribution in [3.63, 3.8) is 0 Å². The second-order valence-electron chi connectivity index (χ2n) is 4.26. The van der Waals surface area contributed by atoms with E-state index >= 15 is 0 Å². The maximum atomic E-state index is 12.9. The number of hydrogen-bond donors (Lipinski definition) is 1. The number of benzene rings is 1. The largest absolute Gasteiger partial charge is 0.350 e. The van der Waals surface area contributed by atoms with Crippen LogP contribution in [-0.4, -0.2) is 17.4 Å². The average Bonchev–Trinajstić information content (AvgIpc) is 2.82. The van der Waals surface area contributed by atoms with Crippen molar-refractivity contribution in [2.24, 2.45) is 0 Å². The number of thiazole rings is 1. The molecule has 1 aromatic heterocycles. The Labute approximate surface area is 121 Å². The standard InChI is InChI=1S/C15H15FN2OS/c1-3-4-9-17-14(19)15-18-13(10(2)20-15)11-5-7-12(16)8-6-11/h3,5-8H,1,4,9H2,2H3,(H,17,19). The van der Waals surface area contributed by atoms with Gasteiger partial charge in [0.15, 0.2) is 5.01 Å². The summed E-state index contributed by atoms with van der Waals surface area (Å²) in [5.74, 6) is -0.475. The molecule has 1 heterocycles. The number of nitrogens with one attached hydrogen (secondary N) is 1. The van der Waals surface area contributed by atoms with Crippen molar-refractivity contribution in [2.45, 2.75) is 13.3 Å². The molecule has 5 heteroatoms. The van der Waals surface area contributed by atoms with Gasteiger partial charge >= 0.3 is 0 Å². The van der Waals surface area contributed by atoms with Crippen LogP contribution in [0, 0.1) is 12.7 Å². The van der Waals surface area contributed by atoms with E-state index in [9.17, 15) is 9.18 Å². The normalized spacial score (nSPS) is 10.3. The third-order valence-corrected chi connectivity index (χ3v) is 3.71. The van der Waals surface area contributed by atoms with Crippen LogP contribution in [0.25, 0.3) is 11.3 Å². The SMILES string of the molecule is C=CCCNC(=O)c1nc(-c2ccc(F)cc2)c(C)s1. The first-order valence-corrected chi connectivity index (χ1v) is 7.06. The monoisotopic (exact) mass is 290 g/mol. The first kappa shape index (κ1) is 14.4. The van der Waals surface area contributed by atoms with Crippen molar-refractivity contribution in [2.75, 3.05) is 6.54 Å². The average molecular weight is 290 g/mol. The molecule has 1 amide bonds. The molecule has 0 aliphatic rings. The van der Waals surface area contributed by atoms with Crippen molar-refractivity contribution in [1.82, 2.24) is 10.3 Å². The lowest BCUT2D eigenvalue weighted by atomic mass is 10.1. The maximum Gasteiger partial charge on any atom is 0.280 e. The van der Waals surface area contributed by atoms with Crippen LogP contribution in [0.3, 0.4) is 0 Å². The van der Waals surface area contributed by atoms with E-state index in [1.807, 2.05) is 6.92 Å². The molecule has 0 spiro atoms. The maximum absolute atomic E-state index is 12.9. The van der Waals surface area contributed by atoms with Crippen LogP contribution in [0.2, 0.25) is 0 Å². The number of hydrogen-bond acceptors (Lipinski definition) is 3. The highest BCUT2D eigenvalue weighted by atomic mass is 32.1. The van der Waals surface area contributed by atoms with Gasteiger partial charge in [-0.2, -0.15) is 0 Å². The fourth-order valence-electron chi connectivity index (χ4n) is 1.73. The van der Waals surface area contributed by atoms with E-state index in [4.69, 9.17) is 0 Å². The topological polar surface area (TPSA) is 42.0 Å². The van der Waals surface area contributed by atoms with Crippen LogP contribution in [0.5, 0.6) is 0 Å². The van der Waals surface area contributed by atoms with Crippen molar-refractivity contribution < 1.29 is 9.18 Å². The Morgan fingerprint density at radius 1 is 1.45 bits per heavy atom. The van der Waals surface area contributed by atoms with Gasteiger partial charge in [0, 0.05) is 17.0 Å². The van der Waals surface area contributed by atoms with Crippen LogP contribution in [-0.2, 0) is 0 Å². The summed E-state index contributed by atoms with van der Waals surface area (Å²) in [6.07, 6.45) is 2.47. The molecule has 104 valence electrons. The molecular formula is C15H15FN2OS. The Morgan fingerprint density at radius 2 is 2.15 bits per heavy atom. The van der Waals surface area contributed by atoms with Gasteiger partial charge in [-0.15, -0.1) is 17.9 Å². The molecule has 1 N–H and O–H groups in total. The molecule has 0 aliphatic carbocycles. The Kier molecular flexibility index (Phi) is 4.63. The van der Waals surface area contributed by atoms with E-state index < -0.39 is 0 Å². The van der Waals surface area contributed by atoms with Crippen LogP contribution >= 0.6 is 11.3 Å². The highest BCUT2D eigenvalue weighted by molar-refractivity contribution is 7.14. The summed E-state index contributed by atoms with van der Waals surface area (Å²) in [5.41, 5.74) is 1.54. The number of nitrogens with zero attached hydrogens (tertiary/aromatic N) is 1. The molecule has 0 radical (unpaired) electrons. The zero-order valence-electron chi connectivity index (χ0n) is 11.1. The van der Waals surface area contributed by atoms with Gasteiger partial charge in [-0.25, -0.2) is 9.37 Å². The number of carbonyl (C=O) groups is 1. The Morgan fingerprint density at radius 3 is 2.80 bits per heavy atom. The fraction of sp³-hybridized carbons (Fsp3) is 0.200. The van der Waals surface area contributed by atoms with Gasteiger partial charge in [0.2, 0.25) is 0 Å². The lowest BCUT2D eigenvalue weighted by molar-refractivity contribution is 0.0954. The van der Waals surface area contributed by atoms with Crippen LogP contribution in [0.4, 0.5) is 4.39 Å². The number of amides is 1. The van der Waals surface area contributed by atoms with Gasteiger partial charge in [-0.05, 0) is 37.6 Å². The van der Waals surface area contributed by atoms with Crippen molar-refractivity contribution in [3.8, 4) is 11.3 Å². The minimum atomic E-state index is -0.288. The number of aryl methyl sites for hydroxylation is 1. The van der Waals surface area contributed by atoms with Crippen molar-refractivity contribution in [1.29, 1.82) is 0 Å². The third kappa shape index (κ3) is 3.30. The van der Waals surface area contributed by atoms with Gasteiger partial charge in [0.1, 0.15) is 5.82 Å². The second kappa shape index (κ2) is 6.43. The summed E-state index contributed by atoms with van der Waals surface area (Å²) in [7, 11) is 0. The first-order valence-electron chi connectivity index (χ1n) is 6.24.